The number of nitrogens with one attached hydrogen (secondary N) is 1. The number of nitrogens with zero attached hydrogens (tertiary/aromatic N) is 4. The number of amides is 2. The summed E-state index contributed by atoms with van der Waals surface area (Å²) in [4.78, 5) is 35.7. The molecule has 1 saturated heterocycles. The van der Waals surface area contributed by atoms with Gasteiger partial charge >= 0.3 is 0 Å². The van der Waals surface area contributed by atoms with Gasteiger partial charge in [0, 0.05) is 38.3 Å². The Hall–Kier alpha value is -3.15. The third-order valence-corrected chi connectivity index (χ3v) is 9.82. The van der Waals surface area contributed by atoms with Crippen molar-refractivity contribution in [3.63, 3.8) is 0 Å². The Morgan fingerprint density at radius 1 is 1.16 bits per heavy atom. The second-order valence-corrected chi connectivity index (χ2v) is 12.8. The number of aliphatic imine (C=N–C) groups is 1. The lowest BCUT2D eigenvalue weighted by atomic mass is 9.89. The summed E-state index contributed by atoms with van der Waals surface area (Å²) < 4.78 is 28.7. The van der Waals surface area contributed by atoms with Crippen molar-refractivity contribution >= 4 is 49.2 Å². The zero-order valence-corrected chi connectivity index (χ0v) is 22.7. The van der Waals surface area contributed by atoms with Crippen LogP contribution in [0.5, 0.6) is 0 Å². The maximum atomic E-state index is 13.1. The highest BCUT2D eigenvalue weighted by Gasteiger charge is 2.47. The predicted octanol–water partition coefficient (Wildman–Crippen LogP) is 2.59. The standard InChI is InChI=1S/C26H29N5O4S2/c1-17-14-20(24(32)30(2)3)5-4-18(17)8-13-37(34,35)31-11-9-26(10-12-31)25(33)28-23(29-26)19-6-7-21-22(15-19)36-16-27-21/h4-7,14-16H,8-13H2,1-3H3,(H,28,29,33). The molecule has 194 valence electrons. The number of hydrogen-bond acceptors (Lipinski definition) is 7. The van der Waals surface area contributed by atoms with Crippen LogP contribution in [0.3, 0.4) is 0 Å². The second kappa shape index (κ2) is 9.62. The van der Waals surface area contributed by atoms with Crippen LogP contribution in [0.1, 0.15) is 39.9 Å². The number of hydrogen-bond donors (Lipinski definition) is 1. The molecule has 3 aromatic rings. The van der Waals surface area contributed by atoms with Gasteiger partial charge < -0.3 is 10.2 Å². The van der Waals surface area contributed by atoms with Gasteiger partial charge in [0.25, 0.3) is 11.8 Å². The van der Waals surface area contributed by atoms with Gasteiger partial charge in [0.05, 0.1) is 21.5 Å². The molecule has 0 saturated carbocycles. The zero-order chi connectivity index (χ0) is 26.4. The molecule has 0 atom stereocenters. The molecular formula is C26H29N5O4S2. The molecule has 2 aliphatic rings. The number of aryl methyl sites for hydroxylation is 2. The zero-order valence-electron chi connectivity index (χ0n) is 21.0. The van der Waals surface area contributed by atoms with Crippen LogP contribution in [0.15, 0.2) is 46.9 Å². The summed E-state index contributed by atoms with van der Waals surface area (Å²) in [6.45, 7) is 2.38. The largest absolute Gasteiger partial charge is 0.345 e. The smallest absolute Gasteiger partial charge is 0.253 e. The highest BCUT2D eigenvalue weighted by molar-refractivity contribution is 7.89. The molecule has 1 N–H and O–H groups in total. The number of aromatic nitrogens is 1. The molecule has 5 rings (SSSR count). The van der Waals surface area contributed by atoms with Gasteiger partial charge in [-0.15, -0.1) is 11.3 Å². The van der Waals surface area contributed by atoms with Crippen LogP contribution < -0.4 is 5.32 Å². The lowest BCUT2D eigenvalue weighted by Crippen LogP contribution is -2.50. The lowest BCUT2D eigenvalue weighted by Gasteiger charge is -2.34. The van der Waals surface area contributed by atoms with E-state index in [4.69, 9.17) is 4.99 Å². The summed E-state index contributed by atoms with van der Waals surface area (Å²) in [5, 5.41) is 2.91. The average molecular weight is 540 g/mol. The number of benzene rings is 2. The van der Waals surface area contributed by atoms with Crippen LogP contribution in [0, 0.1) is 6.92 Å². The van der Waals surface area contributed by atoms with Crippen LogP contribution in [0.25, 0.3) is 10.2 Å². The van der Waals surface area contributed by atoms with E-state index >= 15 is 0 Å². The van der Waals surface area contributed by atoms with Crippen LogP contribution >= 0.6 is 11.3 Å². The molecule has 0 unspecified atom stereocenters. The molecule has 1 aromatic heterocycles. The maximum absolute atomic E-state index is 13.1. The molecule has 9 nitrogen and oxygen atoms in total. The first kappa shape index (κ1) is 25.5. The molecule has 0 aliphatic carbocycles. The number of fused-ring (bicyclic) bond motifs is 1. The van der Waals surface area contributed by atoms with Crippen molar-refractivity contribution in [3.8, 4) is 0 Å². The molecular weight excluding hydrogens is 510 g/mol. The molecule has 3 heterocycles. The van der Waals surface area contributed by atoms with Crippen molar-refractivity contribution < 1.29 is 18.0 Å². The molecule has 11 heteroatoms. The molecule has 2 amide bonds. The highest BCUT2D eigenvalue weighted by Crippen LogP contribution is 2.33. The topological polar surface area (TPSA) is 112 Å². The first-order valence-electron chi connectivity index (χ1n) is 12.1. The fraction of sp³-hybridized carbons (Fsp3) is 0.385. The van der Waals surface area contributed by atoms with E-state index < -0.39 is 15.6 Å². The van der Waals surface area contributed by atoms with Crippen LogP contribution in [-0.2, 0) is 21.2 Å². The Morgan fingerprint density at radius 3 is 2.62 bits per heavy atom. The van der Waals surface area contributed by atoms with Crippen molar-refractivity contribution in [2.75, 3.05) is 32.9 Å². The SMILES string of the molecule is Cc1cc(C(=O)N(C)C)ccc1CCS(=O)(=O)N1CCC2(CC1)N=C(c1ccc3ncsc3c1)NC2=O. The van der Waals surface area contributed by atoms with Gasteiger partial charge in [-0.25, -0.2) is 17.7 Å². The summed E-state index contributed by atoms with van der Waals surface area (Å²) in [5.41, 5.74) is 4.94. The van der Waals surface area contributed by atoms with Crippen molar-refractivity contribution in [1.82, 2.24) is 19.5 Å². The number of carbonyl (C=O) groups excluding carboxylic acids is 2. The number of piperidine rings is 1. The van der Waals surface area contributed by atoms with Crippen molar-refractivity contribution in [1.29, 1.82) is 0 Å². The average Bonchev–Trinajstić information content (AvgIpc) is 3.47. The minimum Gasteiger partial charge on any atom is -0.345 e. The first-order valence-corrected chi connectivity index (χ1v) is 14.6. The fourth-order valence-electron chi connectivity index (χ4n) is 4.86. The van der Waals surface area contributed by atoms with Gasteiger partial charge in [-0.1, -0.05) is 6.07 Å². The Labute approximate surface area is 220 Å². The van der Waals surface area contributed by atoms with E-state index in [1.165, 1.54) is 20.5 Å². The predicted molar refractivity (Wildman–Crippen MR) is 145 cm³/mol. The first-order chi connectivity index (χ1) is 17.6. The van der Waals surface area contributed by atoms with Crippen LogP contribution in [0.4, 0.5) is 0 Å². The van der Waals surface area contributed by atoms with Crippen molar-refractivity contribution in [2.45, 2.75) is 31.7 Å². The molecule has 0 bridgehead atoms. The van der Waals surface area contributed by atoms with Crippen molar-refractivity contribution in [2.24, 2.45) is 4.99 Å². The van der Waals surface area contributed by atoms with E-state index in [1.54, 1.807) is 31.7 Å². The monoisotopic (exact) mass is 539 g/mol. The van der Waals surface area contributed by atoms with Gasteiger partial charge in [-0.3, -0.25) is 14.6 Å². The summed E-state index contributed by atoms with van der Waals surface area (Å²) in [6, 6.07) is 11.1. The number of thiazole rings is 1. The maximum Gasteiger partial charge on any atom is 0.253 e. The van der Waals surface area contributed by atoms with Gasteiger partial charge in [0.2, 0.25) is 10.0 Å². The molecule has 0 radical (unpaired) electrons. The molecule has 37 heavy (non-hydrogen) atoms. The third-order valence-electron chi connectivity index (χ3n) is 7.15. The normalized spacial score (nSPS) is 17.7. The molecule has 2 aliphatic heterocycles. The van der Waals surface area contributed by atoms with E-state index in [0.717, 1.165) is 26.9 Å². The Morgan fingerprint density at radius 2 is 1.92 bits per heavy atom. The molecule has 1 fully saturated rings. The summed E-state index contributed by atoms with van der Waals surface area (Å²) in [7, 11) is -0.117. The molecule has 2 aromatic carbocycles. The quantitative estimate of drug-likeness (QED) is 0.518. The Kier molecular flexibility index (Phi) is 6.63. The van der Waals surface area contributed by atoms with Gasteiger partial charge in [-0.2, -0.15) is 0 Å². The number of amidine groups is 1. The summed E-state index contributed by atoms with van der Waals surface area (Å²) in [6.07, 6.45) is 1.03. The number of rotatable bonds is 6. The van der Waals surface area contributed by atoms with E-state index in [9.17, 15) is 18.0 Å². The van der Waals surface area contributed by atoms with E-state index in [0.29, 0.717) is 30.7 Å². The second-order valence-electron chi connectivity index (χ2n) is 9.79. The van der Waals surface area contributed by atoms with Crippen LogP contribution in [0.2, 0.25) is 0 Å². The fourth-order valence-corrected chi connectivity index (χ4v) is 7.06. The molecule has 1 spiro atoms. The highest BCUT2D eigenvalue weighted by atomic mass is 32.2. The van der Waals surface area contributed by atoms with E-state index in [2.05, 4.69) is 10.3 Å². The summed E-state index contributed by atoms with van der Waals surface area (Å²) >= 11 is 1.53. The van der Waals surface area contributed by atoms with E-state index in [1.807, 2.05) is 31.2 Å². The van der Waals surface area contributed by atoms with Crippen LogP contribution in [-0.4, -0.2) is 78.7 Å². The number of carbonyl (C=O) groups is 2. The Balaban J connectivity index is 1.24. The number of sulfonamides is 1. The third kappa shape index (κ3) is 4.90. The lowest BCUT2D eigenvalue weighted by molar-refractivity contribution is -0.124. The van der Waals surface area contributed by atoms with Gasteiger partial charge in [-0.05, 0) is 67.6 Å². The minimum atomic E-state index is -3.51. The minimum absolute atomic E-state index is 0.0304. The van der Waals surface area contributed by atoms with Gasteiger partial charge in [0.15, 0.2) is 0 Å². The summed E-state index contributed by atoms with van der Waals surface area (Å²) in [5.74, 6) is 0.239. The Bertz CT molecular complexity index is 1520. The van der Waals surface area contributed by atoms with E-state index in [-0.39, 0.29) is 30.7 Å². The van der Waals surface area contributed by atoms with Crippen molar-refractivity contribution in [3.05, 3.63) is 64.2 Å². The van der Waals surface area contributed by atoms with Gasteiger partial charge in [0.1, 0.15) is 11.4 Å².